The van der Waals surface area contributed by atoms with Crippen LogP contribution >= 0.6 is 0 Å². The van der Waals surface area contributed by atoms with Gasteiger partial charge in [0.2, 0.25) is 5.84 Å². The van der Waals surface area contributed by atoms with Crippen molar-refractivity contribution in [2.75, 3.05) is 18.1 Å². The molecule has 1 aromatic heterocycles. The number of nitrogens with one attached hydrogen (secondary N) is 1. The molecule has 128 valence electrons. The second-order valence-corrected chi connectivity index (χ2v) is 6.02. The number of hydrazine groups is 1. The van der Waals surface area contributed by atoms with Crippen LogP contribution < -0.4 is 10.4 Å². The van der Waals surface area contributed by atoms with E-state index in [2.05, 4.69) is 20.7 Å². The van der Waals surface area contributed by atoms with Gasteiger partial charge in [-0.3, -0.25) is 15.0 Å². The van der Waals surface area contributed by atoms with Gasteiger partial charge in [0, 0.05) is 19.3 Å². The zero-order valence-corrected chi connectivity index (χ0v) is 13.6. The highest BCUT2D eigenvalue weighted by atomic mass is 16.2. The summed E-state index contributed by atoms with van der Waals surface area (Å²) >= 11 is 0. The van der Waals surface area contributed by atoms with E-state index in [0.717, 1.165) is 0 Å². The van der Waals surface area contributed by atoms with Crippen molar-refractivity contribution >= 4 is 23.3 Å². The Balaban J connectivity index is 1.48. The number of anilines is 1. The Morgan fingerprint density at radius 3 is 2.68 bits per heavy atom. The highest BCUT2D eigenvalue weighted by Gasteiger charge is 2.38. The molecule has 2 aliphatic rings. The maximum atomic E-state index is 12.7. The first kappa shape index (κ1) is 15.3. The molecule has 0 saturated carbocycles. The minimum absolute atomic E-state index is 0.125. The molecule has 2 aliphatic heterocycles. The number of amidine groups is 1. The number of hydrogen-bond donors (Lipinski definition) is 1. The Labute approximate surface area is 143 Å². The first-order chi connectivity index (χ1) is 12.1. The average Bonchev–Trinajstić information content (AvgIpc) is 3.10. The smallest absolute Gasteiger partial charge is 0.290 e. The maximum Gasteiger partial charge on any atom is 0.290 e. The second-order valence-electron chi connectivity index (χ2n) is 6.02. The summed E-state index contributed by atoms with van der Waals surface area (Å²) in [5.74, 6) is -0.253. The van der Waals surface area contributed by atoms with Crippen LogP contribution in [-0.2, 0) is 9.59 Å². The molecule has 2 aromatic rings. The largest absolute Gasteiger partial charge is 0.332 e. The highest BCUT2D eigenvalue weighted by Crippen LogP contribution is 2.21. The zero-order valence-electron chi connectivity index (χ0n) is 13.6. The highest BCUT2D eigenvalue weighted by molar-refractivity contribution is 6.39. The molecule has 1 aromatic carbocycles. The van der Waals surface area contributed by atoms with Crippen molar-refractivity contribution < 1.29 is 9.59 Å². The number of likely N-dealkylation sites (tertiary alicyclic amines) is 1. The van der Waals surface area contributed by atoms with E-state index in [4.69, 9.17) is 0 Å². The van der Waals surface area contributed by atoms with E-state index in [-0.39, 0.29) is 23.7 Å². The van der Waals surface area contributed by atoms with Crippen LogP contribution in [0.3, 0.4) is 0 Å². The van der Waals surface area contributed by atoms with Gasteiger partial charge >= 0.3 is 0 Å². The molecular weight excluding hydrogens is 322 g/mol. The summed E-state index contributed by atoms with van der Waals surface area (Å²) in [6.45, 7) is 2.76. The molecule has 1 unspecified atom stereocenters. The molecule has 3 heterocycles. The van der Waals surface area contributed by atoms with Crippen LogP contribution in [0, 0.1) is 0 Å². The number of benzene rings is 1. The number of nitrogens with zero attached hydrogens (tertiary/aromatic N) is 6. The van der Waals surface area contributed by atoms with Gasteiger partial charge in [0.05, 0.1) is 17.9 Å². The molecule has 1 saturated heterocycles. The topological polar surface area (TPSA) is 95.7 Å². The number of carbonyl (C=O) groups is 2. The lowest BCUT2D eigenvalue weighted by Gasteiger charge is -2.40. The van der Waals surface area contributed by atoms with Crippen molar-refractivity contribution in [3.8, 4) is 0 Å². The molecule has 0 bridgehead atoms. The van der Waals surface area contributed by atoms with Gasteiger partial charge in [-0.1, -0.05) is 23.4 Å². The summed E-state index contributed by atoms with van der Waals surface area (Å²) in [6, 6.07) is 8.64. The summed E-state index contributed by atoms with van der Waals surface area (Å²) in [6.07, 6.45) is 3.39. The summed E-state index contributed by atoms with van der Waals surface area (Å²) in [5, 5.41) is 9.10. The predicted molar refractivity (Wildman–Crippen MR) is 89.6 cm³/mol. The lowest BCUT2D eigenvalue weighted by Crippen LogP contribution is -2.61. The van der Waals surface area contributed by atoms with Crippen LogP contribution in [0.4, 0.5) is 5.69 Å². The van der Waals surface area contributed by atoms with Crippen LogP contribution in [0.1, 0.15) is 13.0 Å². The van der Waals surface area contributed by atoms with E-state index in [0.29, 0.717) is 18.8 Å². The molecule has 0 spiro atoms. The van der Waals surface area contributed by atoms with E-state index < -0.39 is 6.04 Å². The predicted octanol–water partition coefficient (Wildman–Crippen LogP) is -0.000200. The van der Waals surface area contributed by atoms with Crippen molar-refractivity contribution in [2.45, 2.75) is 19.0 Å². The van der Waals surface area contributed by atoms with Crippen LogP contribution in [0.25, 0.3) is 0 Å². The number of aliphatic imine (C=N–C) groups is 1. The minimum Gasteiger partial charge on any atom is -0.332 e. The van der Waals surface area contributed by atoms with E-state index in [1.165, 1.54) is 5.01 Å². The Kier molecular flexibility index (Phi) is 3.68. The molecule has 25 heavy (non-hydrogen) atoms. The Morgan fingerprint density at radius 2 is 2.00 bits per heavy atom. The number of para-hydroxylation sites is 1. The van der Waals surface area contributed by atoms with Crippen molar-refractivity contribution in [3.63, 3.8) is 0 Å². The van der Waals surface area contributed by atoms with Crippen molar-refractivity contribution in [3.05, 3.63) is 42.7 Å². The van der Waals surface area contributed by atoms with Crippen LogP contribution in [0.5, 0.6) is 0 Å². The molecular formula is C16H17N7O2. The normalized spacial score (nSPS) is 20.8. The fraction of sp³-hybridized carbons (Fsp3) is 0.312. The number of amides is 2. The Hall–Kier alpha value is -3.23. The van der Waals surface area contributed by atoms with Gasteiger partial charge in [-0.05, 0) is 19.1 Å². The lowest BCUT2D eigenvalue weighted by atomic mass is 10.1. The van der Waals surface area contributed by atoms with Gasteiger partial charge in [0.15, 0.2) is 0 Å². The van der Waals surface area contributed by atoms with Crippen LogP contribution in [0.15, 0.2) is 47.7 Å². The van der Waals surface area contributed by atoms with Gasteiger partial charge in [0.25, 0.3) is 11.8 Å². The lowest BCUT2D eigenvalue weighted by molar-refractivity contribution is -0.130. The Morgan fingerprint density at radius 1 is 1.24 bits per heavy atom. The summed E-state index contributed by atoms with van der Waals surface area (Å²) in [7, 11) is 0. The summed E-state index contributed by atoms with van der Waals surface area (Å²) in [4.78, 5) is 30.9. The molecule has 9 heteroatoms. The number of rotatable bonds is 3. The monoisotopic (exact) mass is 339 g/mol. The molecule has 1 N–H and O–H groups in total. The van der Waals surface area contributed by atoms with E-state index in [9.17, 15) is 9.59 Å². The zero-order chi connectivity index (χ0) is 17.4. The fourth-order valence-electron chi connectivity index (χ4n) is 2.85. The molecule has 0 radical (unpaired) electrons. The summed E-state index contributed by atoms with van der Waals surface area (Å²) in [5.41, 5.74) is 3.53. The van der Waals surface area contributed by atoms with Crippen molar-refractivity contribution in [2.24, 2.45) is 4.99 Å². The SMILES string of the molecule is CC1N=C(C(=O)N2CC(n3ccnn3)C2)NN(c2ccccc2)C1=O. The molecule has 9 nitrogen and oxygen atoms in total. The van der Waals surface area contributed by atoms with Crippen molar-refractivity contribution in [1.82, 2.24) is 25.3 Å². The molecule has 2 amide bonds. The molecule has 0 aliphatic carbocycles. The van der Waals surface area contributed by atoms with Gasteiger partial charge in [-0.25, -0.2) is 14.7 Å². The third-order valence-electron chi connectivity index (χ3n) is 4.30. The van der Waals surface area contributed by atoms with Crippen LogP contribution in [-0.4, -0.2) is 56.7 Å². The van der Waals surface area contributed by atoms with E-state index in [1.54, 1.807) is 41.0 Å². The fourth-order valence-corrected chi connectivity index (χ4v) is 2.85. The van der Waals surface area contributed by atoms with Crippen molar-refractivity contribution in [1.29, 1.82) is 0 Å². The number of aromatic nitrogens is 3. The molecule has 1 fully saturated rings. The minimum atomic E-state index is -0.618. The molecule has 1 atom stereocenters. The standard InChI is InChI=1S/C16H17N7O2/c1-11-15(24)23(12-5-3-2-4-6-12)19-14(18-11)16(25)21-9-13(10-21)22-8-7-17-20-22/h2-8,11,13H,9-10H2,1H3,(H,18,19). The number of hydrogen-bond acceptors (Lipinski definition) is 6. The first-order valence-electron chi connectivity index (χ1n) is 8.02. The van der Waals surface area contributed by atoms with Gasteiger partial charge < -0.3 is 4.90 Å². The Bertz CT molecular complexity index is 812. The van der Waals surface area contributed by atoms with Gasteiger partial charge in [0.1, 0.15) is 6.04 Å². The first-order valence-corrected chi connectivity index (χ1v) is 8.02. The van der Waals surface area contributed by atoms with E-state index >= 15 is 0 Å². The maximum absolute atomic E-state index is 12.7. The van der Waals surface area contributed by atoms with Gasteiger partial charge in [-0.2, -0.15) is 0 Å². The average molecular weight is 339 g/mol. The van der Waals surface area contributed by atoms with Crippen LogP contribution in [0.2, 0.25) is 0 Å². The third kappa shape index (κ3) is 2.73. The quantitative estimate of drug-likeness (QED) is 0.849. The third-order valence-corrected chi connectivity index (χ3v) is 4.30. The van der Waals surface area contributed by atoms with E-state index in [1.807, 2.05) is 18.2 Å². The second kappa shape index (κ2) is 6.00. The van der Waals surface area contributed by atoms with Gasteiger partial charge in [-0.15, -0.1) is 5.10 Å². The summed E-state index contributed by atoms with van der Waals surface area (Å²) < 4.78 is 1.74. The number of carbonyl (C=O) groups excluding carboxylic acids is 2. The molecule has 4 rings (SSSR count).